The van der Waals surface area contributed by atoms with Crippen molar-refractivity contribution in [3.63, 3.8) is 0 Å². The Morgan fingerprint density at radius 1 is 1.71 bits per heavy atom. The zero-order valence-electron chi connectivity index (χ0n) is 9.20. The van der Waals surface area contributed by atoms with E-state index >= 15 is 0 Å². The van der Waals surface area contributed by atoms with Crippen LogP contribution in [0, 0.1) is 0 Å². The molecule has 1 atom stereocenters. The quantitative estimate of drug-likeness (QED) is 0.839. The molecule has 17 heavy (non-hydrogen) atoms. The molecule has 0 radical (unpaired) electrons. The Morgan fingerprint density at radius 2 is 2.35 bits per heavy atom. The van der Waals surface area contributed by atoms with Crippen molar-refractivity contribution in [1.82, 2.24) is 10.3 Å². The third-order valence-electron chi connectivity index (χ3n) is 3.29. The first-order chi connectivity index (χ1) is 7.94. The number of rotatable bonds is 3. The van der Waals surface area contributed by atoms with Crippen LogP contribution in [0.5, 0.6) is 0 Å². The minimum Gasteiger partial charge on any atom is -0.465 e. The number of nitrogens with one attached hydrogen (secondary N) is 1. The lowest BCUT2D eigenvalue weighted by Gasteiger charge is -2.23. The molecule has 1 heterocycles. The molecule has 1 fully saturated rings. The van der Waals surface area contributed by atoms with Gasteiger partial charge in [0.15, 0.2) is 0 Å². The zero-order valence-corrected chi connectivity index (χ0v) is 11.5. The second kappa shape index (κ2) is 4.46. The predicted molar refractivity (Wildman–Crippen MR) is 68.5 cm³/mol. The maximum Gasteiger partial charge on any atom is 0.405 e. The molecule has 1 amide bonds. The molecular weight excluding hydrogens is 307 g/mol. The van der Waals surface area contributed by atoms with Crippen molar-refractivity contribution >= 4 is 33.6 Å². The van der Waals surface area contributed by atoms with Crippen LogP contribution in [0.4, 0.5) is 4.79 Å². The van der Waals surface area contributed by atoms with Crippen LogP contribution < -0.4 is 5.32 Å². The van der Waals surface area contributed by atoms with Crippen LogP contribution in [0.1, 0.15) is 31.2 Å². The van der Waals surface area contributed by atoms with Crippen molar-refractivity contribution in [2.24, 2.45) is 0 Å². The number of aromatic nitrogens is 1. The van der Waals surface area contributed by atoms with Crippen LogP contribution in [0.15, 0.2) is 16.7 Å². The van der Waals surface area contributed by atoms with Gasteiger partial charge in [-0.25, -0.2) is 9.78 Å². The van der Waals surface area contributed by atoms with Crippen LogP contribution >= 0.6 is 27.5 Å². The molecule has 4 nitrogen and oxygen atoms in total. The Bertz CT molecular complexity index is 463. The number of carbonyl (C=O) groups is 1. The molecule has 2 N–H and O–H groups in total. The van der Waals surface area contributed by atoms with E-state index in [1.165, 1.54) is 0 Å². The smallest absolute Gasteiger partial charge is 0.405 e. The van der Waals surface area contributed by atoms with E-state index in [-0.39, 0.29) is 11.5 Å². The molecule has 0 aromatic carbocycles. The highest BCUT2D eigenvalue weighted by molar-refractivity contribution is 9.10. The van der Waals surface area contributed by atoms with Crippen LogP contribution in [-0.2, 0) is 0 Å². The molecule has 1 aliphatic rings. The summed E-state index contributed by atoms with van der Waals surface area (Å²) in [5.41, 5.74) is 0.647. The van der Waals surface area contributed by atoms with Crippen LogP contribution in [0.2, 0.25) is 5.15 Å². The lowest BCUT2D eigenvalue weighted by Crippen LogP contribution is -2.39. The highest BCUT2D eigenvalue weighted by atomic mass is 79.9. The highest BCUT2D eigenvalue weighted by Crippen LogP contribution is 2.47. The minimum absolute atomic E-state index is 0.0830. The molecule has 0 spiro atoms. The molecule has 0 saturated heterocycles. The van der Waals surface area contributed by atoms with Gasteiger partial charge in [-0.05, 0) is 40.4 Å². The molecule has 0 bridgehead atoms. The van der Waals surface area contributed by atoms with Crippen molar-refractivity contribution in [2.45, 2.75) is 31.2 Å². The second-order valence-corrected chi connectivity index (χ2v) is 5.56. The van der Waals surface area contributed by atoms with E-state index < -0.39 is 6.09 Å². The minimum atomic E-state index is -0.977. The third kappa shape index (κ3) is 2.55. The van der Waals surface area contributed by atoms with Gasteiger partial charge in [-0.1, -0.05) is 18.5 Å². The van der Waals surface area contributed by atoms with Crippen molar-refractivity contribution < 1.29 is 9.90 Å². The normalized spacial score (nSPS) is 18.5. The molecule has 1 aliphatic carbocycles. The standard InChI is InChI=1S/C11H12BrClN2O2/c1-6(11(2-3-11)15-10(16)17)7-4-8(12)9(13)14-5-7/h4-6,15H,2-3H2,1H3,(H,16,17). The fourth-order valence-electron chi connectivity index (χ4n) is 2.01. The van der Waals surface area contributed by atoms with E-state index in [4.69, 9.17) is 16.7 Å². The van der Waals surface area contributed by atoms with Crippen LogP contribution in [0.25, 0.3) is 0 Å². The molecule has 1 unspecified atom stereocenters. The van der Waals surface area contributed by atoms with Gasteiger partial charge in [0.2, 0.25) is 0 Å². The van der Waals surface area contributed by atoms with Gasteiger partial charge in [-0.15, -0.1) is 0 Å². The lowest BCUT2D eigenvalue weighted by molar-refractivity contribution is 0.186. The van der Waals surface area contributed by atoms with Gasteiger partial charge in [0.25, 0.3) is 0 Å². The number of halogens is 2. The van der Waals surface area contributed by atoms with Crippen molar-refractivity contribution in [1.29, 1.82) is 0 Å². The molecular formula is C11H12BrClN2O2. The first kappa shape index (κ1) is 12.6. The molecule has 1 saturated carbocycles. The first-order valence-corrected chi connectivity index (χ1v) is 6.44. The summed E-state index contributed by atoms with van der Waals surface area (Å²) in [6.07, 6.45) is 2.44. The Morgan fingerprint density at radius 3 is 2.82 bits per heavy atom. The fraction of sp³-hybridized carbons (Fsp3) is 0.455. The zero-order chi connectivity index (χ0) is 12.6. The number of carboxylic acid groups (broad SMARTS) is 1. The second-order valence-electron chi connectivity index (χ2n) is 4.35. The number of nitrogens with zero attached hydrogens (tertiary/aromatic N) is 1. The molecule has 1 aromatic rings. The Balaban J connectivity index is 2.22. The maximum absolute atomic E-state index is 10.8. The van der Waals surface area contributed by atoms with Crippen molar-refractivity contribution in [3.8, 4) is 0 Å². The summed E-state index contributed by atoms with van der Waals surface area (Å²) in [6, 6.07) is 1.89. The summed E-state index contributed by atoms with van der Waals surface area (Å²) in [5.74, 6) is 0.0830. The predicted octanol–water partition coefficient (Wildman–Crippen LogP) is 3.40. The molecule has 92 valence electrons. The van der Waals surface area contributed by atoms with Gasteiger partial charge in [-0.3, -0.25) is 0 Å². The van der Waals surface area contributed by atoms with Gasteiger partial charge < -0.3 is 10.4 Å². The summed E-state index contributed by atoms with van der Waals surface area (Å²) in [6.45, 7) is 2.00. The summed E-state index contributed by atoms with van der Waals surface area (Å²) >= 11 is 9.15. The SMILES string of the molecule is CC(c1cnc(Cl)c(Br)c1)C1(NC(=O)O)CC1. The maximum atomic E-state index is 10.8. The van der Waals surface area contributed by atoms with E-state index in [0.29, 0.717) is 5.15 Å². The topological polar surface area (TPSA) is 62.2 Å². The largest absolute Gasteiger partial charge is 0.465 e. The fourth-order valence-corrected chi connectivity index (χ4v) is 2.48. The van der Waals surface area contributed by atoms with Crippen LogP contribution in [-0.4, -0.2) is 21.7 Å². The molecule has 0 aliphatic heterocycles. The van der Waals surface area contributed by atoms with E-state index in [1.54, 1.807) is 6.20 Å². The molecule has 2 rings (SSSR count). The Kier molecular flexibility index (Phi) is 3.32. The lowest BCUT2D eigenvalue weighted by atomic mass is 9.92. The average Bonchev–Trinajstić information content (AvgIpc) is 3.01. The summed E-state index contributed by atoms with van der Waals surface area (Å²) < 4.78 is 0.731. The van der Waals surface area contributed by atoms with Gasteiger partial charge in [0.05, 0.1) is 10.0 Å². The van der Waals surface area contributed by atoms with Gasteiger partial charge in [-0.2, -0.15) is 0 Å². The van der Waals surface area contributed by atoms with Gasteiger partial charge in [0.1, 0.15) is 5.15 Å². The third-order valence-corrected chi connectivity index (χ3v) is 4.42. The summed E-state index contributed by atoms with van der Waals surface area (Å²) in [4.78, 5) is 14.8. The highest BCUT2D eigenvalue weighted by Gasteiger charge is 2.49. The first-order valence-electron chi connectivity index (χ1n) is 5.27. The molecule has 1 aromatic heterocycles. The average molecular weight is 320 g/mol. The van der Waals surface area contributed by atoms with Crippen LogP contribution in [0.3, 0.4) is 0 Å². The van der Waals surface area contributed by atoms with E-state index in [0.717, 1.165) is 22.9 Å². The monoisotopic (exact) mass is 318 g/mol. The van der Waals surface area contributed by atoms with Gasteiger partial charge in [0, 0.05) is 12.1 Å². The number of pyridine rings is 1. The summed E-state index contributed by atoms with van der Waals surface area (Å²) in [7, 11) is 0. The Labute approximate surface area is 113 Å². The number of amides is 1. The number of hydrogen-bond donors (Lipinski definition) is 2. The van der Waals surface area contributed by atoms with Gasteiger partial charge >= 0.3 is 6.09 Å². The Hall–Kier alpha value is -0.810. The van der Waals surface area contributed by atoms with E-state index in [9.17, 15) is 4.79 Å². The summed E-state index contributed by atoms with van der Waals surface area (Å²) in [5, 5.41) is 11.8. The van der Waals surface area contributed by atoms with Crippen molar-refractivity contribution in [2.75, 3.05) is 0 Å². The van der Waals surface area contributed by atoms with E-state index in [2.05, 4.69) is 26.2 Å². The number of hydrogen-bond acceptors (Lipinski definition) is 2. The van der Waals surface area contributed by atoms with Crippen molar-refractivity contribution in [3.05, 3.63) is 27.5 Å². The molecule has 6 heteroatoms. The van der Waals surface area contributed by atoms with E-state index in [1.807, 2.05) is 13.0 Å².